The number of aromatic nitrogens is 2. The van der Waals surface area contributed by atoms with Crippen LogP contribution in [0, 0.1) is 5.92 Å². The number of nitrogens with zero attached hydrogens (tertiary/aromatic N) is 2. The third-order valence-electron chi connectivity index (χ3n) is 2.84. The monoisotopic (exact) mass is 319 g/mol. The fourth-order valence-corrected chi connectivity index (χ4v) is 2.33. The molecule has 0 unspecified atom stereocenters. The summed E-state index contributed by atoms with van der Waals surface area (Å²) in [6.45, 7) is 4.45. The molecule has 0 saturated heterocycles. The molecule has 0 atom stereocenters. The molecule has 1 aromatic heterocycles. The lowest BCUT2D eigenvalue weighted by Crippen LogP contribution is -1.98. The number of anilines is 1. The summed E-state index contributed by atoms with van der Waals surface area (Å²) < 4.78 is 0.871. The van der Waals surface area contributed by atoms with Crippen LogP contribution in [-0.2, 0) is 6.42 Å². The summed E-state index contributed by atoms with van der Waals surface area (Å²) in [7, 11) is 1.85. The summed E-state index contributed by atoms with van der Waals surface area (Å²) in [5, 5.41) is 3.04. The topological polar surface area (TPSA) is 37.8 Å². The Balaban J connectivity index is 2.27. The second kappa shape index (κ2) is 6.15. The van der Waals surface area contributed by atoms with Crippen LogP contribution in [0.2, 0.25) is 0 Å². The van der Waals surface area contributed by atoms with E-state index in [-0.39, 0.29) is 0 Å². The molecule has 0 radical (unpaired) electrons. The molecule has 3 nitrogen and oxygen atoms in total. The predicted octanol–water partition coefficient (Wildman–Crippen LogP) is 4.15. The van der Waals surface area contributed by atoms with Gasteiger partial charge in [-0.3, -0.25) is 0 Å². The lowest BCUT2D eigenvalue weighted by atomic mass is 10.0. The van der Waals surface area contributed by atoms with Gasteiger partial charge in [0.1, 0.15) is 5.82 Å². The molecule has 2 aromatic rings. The minimum Gasteiger partial charge on any atom is -0.372 e. The van der Waals surface area contributed by atoms with Gasteiger partial charge in [-0.1, -0.05) is 38.1 Å². The first-order chi connectivity index (χ1) is 9.10. The Kier molecular flexibility index (Phi) is 4.53. The van der Waals surface area contributed by atoms with Gasteiger partial charge in [-0.25, -0.2) is 9.97 Å². The molecule has 0 saturated carbocycles. The predicted molar refractivity (Wildman–Crippen MR) is 83.3 cm³/mol. The van der Waals surface area contributed by atoms with E-state index in [2.05, 4.69) is 69.3 Å². The van der Waals surface area contributed by atoms with E-state index >= 15 is 0 Å². The zero-order chi connectivity index (χ0) is 13.8. The number of halogens is 1. The van der Waals surface area contributed by atoms with Crippen molar-refractivity contribution >= 4 is 21.7 Å². The lowest BCUT2D eigenvalue weighted by Gasteiger charge is -2.07. The van der Waals surface area contributed by atoms with Crippen molar-refractivity contribution < 1.29 is 0 Å². The van der Waals surface area contributed by atoms with Crippen molar-refractivity contribution in [1.82, 2.24) is 9.97 Å². The first kappa shape index (κ1) is 14.0. The second-order valence-corrected chi connectivity index (χ2v) is 5.79. The van der Waals surface area contributed by atoms with Crippen LogP contribution in [0.15, 0.2) is 34.9 Å². The highest BCUT2D eigenvalue weighted by molar-refractivity contribution is 9.10. The van der Waals surface area contributed by atoms with Crippen molar-refractivity contribution in [1.29, 1.82) is 0 Å². The maximum Gasteiger partial charge on any atom is 0.161 e. The Morgan fingerprint density at radius 3 is 2.47 bits per heavy atom. The fraction of sp³-hybridized carbons (Fsp3) is 0.333. The third kappa shape index (κ3) is 3.53. The largest absolute Gasteiger partial charge is 0.372 e. The minimum atomic E-state index is 0.672. The van der Waals surface area contributed by atoms with E-state index in [9.17, 15) is 0 Å². The van der Waals surface area contributed by atoms with Gasteiger partial charge >= 0.3 is 0 Å². The highest BCUT2D eigenvalue weighted by Crippen LogP contribution is 2.23. The molecule has 0 amide bonds. The van der Waals surface area contributed by atoms with E-state index in [1.807, 2.05) is 7.05 Å². The molecule has 0 aliphatic rings. The summed E-state index contributed by atoms with van der Waals surface area (Å²) in [4.78, 5) is 8.83. The highest BCUT2D eigenvalue weighted by atomic mass is 79.9. The normalized spacial score (nSPS) is 10.8. The molecule has 1 aromatic carbocycles. The van der Waals surface area contributed by atoms with Gasteiger partial charge in [-0.2, -0.15) is 0 Å². The Hall–Kier alpha value is -1.42. The molecule has 19 heavy (non-hydrogen) atoms. The molecule has 0 spiro atoms. The highest BCUT2D eigenvalue weighted by Gasteiger charge is 2.06. The lowest BCUT2D eigenvalue weighted by molar-refractivity contribution is 0.647. The molecule has 0 aliphatic carbocycles. The Bertz CT molecular complexity index is 550. The van der Waals surface area contributed by atoms with E-state index < -0.39 is 0 Å². The van der Waals surface area contributed by atoms with Gasteiger partial charge in [0.05, 0.1) is 4.47 Å². The molecular formula is C15H18BrN3. The smallest absolute Gasteiger partial charge is 0.161 e. The Labute approximate surface area is 122 Å². The second-order valence-electron chi connectivity index (χ2n) is 4.94. The van der Waals surface area contributed by atoms with Gasteiger partial charge in [0.2, 0.25) is 0 Å². The van der Waals surface area contributed by atoms with Crippen molar-refractivity contribution in [2.75, 3.05) is 12.4 Å². The molecule has 100 valence electrons. The molecule has 1 heterocycles. The summed E-state index contributed by atoms with van der Waals surface area (Å²) >= 11 is 3.41. The van der Waals surface area contributed by atoms with E-state index in [1.54, 1.807) is 6.20 Å². The van der Waals surface area contributed by atoms with Gasteiger partial charge < -0.3 is 5.32 Å². The number of benzene rings is 1. The SMILES string of the molecule is CNc1nc(-c2ccc(CC(C)C)cc2)ncc1Br. The van der Waals surface area contributed by atoms with Crippen molar-refractivity contribution in [2.45, 2.75) is 20.3 Å². The number of nitrogens with one attached hydrogen (secondary N) is 1. The Morgan fingerprint density at radius 1 is 1.21 bits per heavy atom. The third-order valence-corrected chi connectivity index (χ3v) is 3.42. The zero-order valence-electron chi connectivity index (χ0n) is 11.4. The van der Waals surface area contributed by atoms with Crippen molar-refractivity contribution in [3.05, 3.63) is 40.5 Å². The zero-order valence-corrected chi connectivity index (χ0v) is 13.0. The maximum absolute atomic E-state index is 4.48. The number of rotatable bonds is 4. The van der Waals surface area contributed by atoms with Crippen LogP contribution in [0.25, 0.3) is 11.4 Å². The fourth-order valence-electron chi connectivity index (χ4n) is 1.94. The first-order valence-electron chi connectivity index (χ1n) is 6.39. The van der Waals surface area contributed by atoms with Crippen LogP contribution < -0.4 is 5.32 Å². The molecular weight excluding hydrogens is 302 g/mol. The summed E-state index contributed by atoms with van der Waals surface area (Å²) in [5.74, 6) is 2.21. The van der Waals surface area contributed by atoms with Gasteiger partial charge in [0, 0.05) is 18.8 Å². The molecule has 0 aliphatic heterocycles. The molecule has 2 rings (SSSR count). The van der Waals surface area contributed by atoms with Crippen LogP contribution in [0.3, 0.4) is 0 Å². The summed E-state index contributed by atoms with van der Waals surface area (Å²) in [6, 6.07) is 8.47. The standard InChI is InChI=1S/C15H18BrN3/c1-10(2)8-11-4-6-12(7-5-11)14-18-9-13(16)15(17-3)19-14/h4-7,9-10H,8H2,1-3H3,(H,17,18,19). The minimum absolute atomic E-state index is 0.672. The van der Waals surface area contributed by atoms with Gasteiger partial charge in [-0.05, 0) is 33.8 Å². The number of hydrogen-bond donors (Lipinski definition) is 1. The van der Waals surface area contributed by atoms with E-state index in [1.165, 1.54) is 5.56 Å². The van der Waals surface area contributed by atoms with E-state index in [4.69, 9.17) is 0 Å². The van der Waals surface area contributed by atoms with Crippen molar-refractivity contribution in [3.63, 3.8) is 0 Å². The maximum atomic E-state index is 4.48. The van der Waals surface area contributed by atoms with Crippen molar-refractivity contribution in [2.24, 2.45) is 5.92 Å². The molecule has 1 N–H and O–H groups in total. The average molecular weight is 320 g/mol. The van der Waals surface area contributed by atoms with Gasteiger partial charge in [-0.15, -0.1) is 0 Å². The van der Waals surface area contributed by atoms with Crippen LogP contribution in [0.4, 0.5) is 5.82 Å². The Morgan fingerprint density at radius 2 is 1.89 bits per heavy atom. The average Bonchev–Trinajstić information content (AvgIpc) is 2.40. The van der Waals surface area contributed by atoms with Crippen LogP contribution in [-0.4, -0.2) is 17.0 Å². The van der Waals surface area contributed by atoms with Crippen LogP contribution in [0.5, 0.6) is 0 Å². The van der Waals surface area contributed by atoms with Gasteiger partial charge in [0.25, 0.3) is 0 Å². The molecule has 4 heteroatoms. The summed E-state index contributed by atoms with van der Waals surface area (Å²) in [6.07, 6.45) is 2.87. The number of hydrogen-bond acceptors (Lipinski definition) is 3. The van der Waals surface area contributed by atoms with Crippen LogP contribution in [0.1, 0.15) is 19.4 Å². The molecule has 0 fully saturated rings. The summed E-state index contributed by atoms with van der Waals surface area (Å²) in [5.41, 5.74) is 2.39. The van der Waals surface area contributed by atoms with E-state index in [0.717, 1.165) is 28.1 Å². The van der Waals surface area contributed by atoms with Crippen LogP contribution >= 0.6 is 15.9 Å². The molecule has 0 bridgehead atoms. The first-order valence-corrected chi connectivity index (χ1v) is 7.19. The van der Waals surface area contributed by atoms with E-state index in [0.29, 0.717) is 5.92 Å². The van der Waals surface area contributed by atoms with Gasteiger partial charge in [0.15, 0.2) is 5.82 Å². The van der Waals surface area contributed by atoms with Crippen molar-refractivity contribution in [3.8, 4) is 11.4 Å². The quantitative estimate of drug-likeness (QED) is 0.920.